The number of aliphatic imine (C=N–C) groups is 1. The highest BCUT2D eigenvalue weighted by Crippen LogP contribution is 2.30. The molecule has 0 spiro atoms. The van der Waals surface area contributed by atoms with Crippen molar-refractivity contribution in [2.45, 2.75) is 32.5 Å². The molecule has 146 valence electrons. The van der Waals surface area contributed by atoms with E-state index in [2.05, 4.69) is 20.9 Å². The van der Waals surface area contributed by atoms with E-state index in [1.807, 2.05) is 20.8 Å². The molecule has 6 nitrogen and oxygen atoms in total. The van der Waals surface area contributed by atoms with E-state index in [0.29, 0.717) is 18.3 Å². The van der Waals surface area contributed by atoms with Crippen LogP contribution in [0.3, 0.4) is 0 Å². The van der Waals surface area contributed by atoms with Gasteiger partial charge in [0.15, 0.2) is 5.96 Å². The predicted octanol–water partition coefficient (Wildman–Crippen LogP) is 2.16. The number of hydrogen-bond acceptors (Lipinski definition) is 3. The van der Waals surface area contributed by atoms with Gasteiger partial charge in [-0.2, -0.15) is 13.2 Å². The Hall–Kier alpha value is -2.45. The van der Waals surface area contributed by atoms with Crippen LogP contribution in [0.2, 0.25) is 0 Å². The number of rotatable bonds is 6. The number of benzene rings is 1. The first-order valence-corrected chi connectivity index (χ1v) is 8.07. The van der Waals surface area contributed by atoms with E-state index in [0.717, 1.165) is 12.1 Å². The van der Waals surface area contributed by atoms with Gasteiger partial charge < -0.3 is 20.7 Å². The van der Waals surface area contributed by atoms with Gasteiger partial charge in [-0.1, -0.05) is 0 Å². The average molecular weight is 374 g/mol. The van der Waals surface area contributed by atoms with Gasteiger partial charge in [-0.25, -0.2) is 0 Å². The van der Waals surface area contributed by atoms with E-state index in [1.54, 1.807) is 7.05 Å². The lowest BCUT2D eigenvalue weighted by atomic mass is 10.1. The zero-order valence-corrected chi connectivity index (χ0v) is 15.3. The van der Waals surface area contributed by atoms with Gasteiger partial charge in [0.25, 0.3) is 0 Å². The van der Waals surface area contributed by atoms with Gasteiger partial charge in [-0.15, -0.1) is 0 Å². The van der Waals surface area contributed by atoms with E-state index in [1.165, 1.54) is 12.1 Å². The van der Waals surface area contributed by atoms with E-state index < -0.39 is 11.7 Å². The fourth-order valence-corrected chi connectivity index (χ4v) is 1.93. The molecule has 0 aliphatic rings. The van der Waals surface area contributed by atoms with Gasteiger partial charge in [0.1, 0.15) is 12.4 Å². The van der Waals surface area contributed by atoms with Crippen molar-refractivity contribution in [3.05, 3.63) is 29.8 Å². The lowest BCUT2D eigenvalue weighted by molar-refractivity contribution is -0.137. The summed E-state index contributed by atoms with van der Waals surface area (Å²) in [5, 5.41) is 8.62. The number of guanidine groups is 1. The molecule has 0 saturated heterocycles. The van der Waals surface area contributed by atoms with Crippen LogP contribution >= 0.6 is 0 Å². The second-order valence-electron chi connectivity index (χ2n) is 6.52. The Morgan fingerprint density at radius 1 is 1.12 bits per heavy atom. The summed E-state index contributed by atoms with van der Waals surface area (Å²) < 4.78 is 42.8. The SMILES string of the molecule is CN=C(NCCOc1ccc(C(F)(F)F)cc1)NCC(=O)NC(C)(C)C. The van der Waals surface area contributed by atoms with Crippen molar-refractivity contribution in [1.29, 1.82) is 0 Å². The van der Waals surface area contributed by atoms with Crippen LogP contribution in [0.1, 0.15) is 26.3 Å². The van der Waals surface area contributed by atoms with E-state index in [9.17, 15) is 18.0 Å². The molecule has 0 heterocycles. The van der Waals surface area contributed by atoms with Gasteiger partial charge in [0, 0.05) is 12.6 Å². The molecule has 0 unspecified atom stereocenters. The molecule has 26 heavy (non-hydrogen) atoms. The van der Waals surface area contributed by atoms with Crippen molar-refractivity contribution in [3.63, 3.8) is 0 Å². The highest BCUT2D eigenvalue weighted by atomic mass is 19.4. The molecule has 9 heteroatoms. The number of nitrogens with zero attached hydrogens (tertiary/aromatic N) is 1. The second-order valence-corrected chi connectivity index (χ2v) is 6.52. The summed E-state index contributed by atoms with van der Waals surface area (Å²) in [6.07, 6.45) is -4.36. The van der Waals surface area contributed by atoms with Crippen LogP contribution in [-0.4, -0.2) is 44.1 Å². The quantitative estimate of drug-likeness (QED) is 0.405. The van der Waals surface area contributed by atoms with E-state index in [4.69, 9.17) is 4.74 Å². The smallest absolute Gasteiger partial charge is 0.416 e. The zero-order valence-electron chi connectivity index (χ0n) is 15.3. The van der Waals surface area contributed by atoms with Crippen molar-refractivity contribution in [2.24, 2.45) is 4.99 Å². The molecule has 0 bridgehead atoms. The molecule has 1 aromatic rings. The molecule has 0 radical (unpaired) electrons. The van der Waals surface area contributed by atoms with Crippen LogP contribution in [-0.2, 0) is 11.0 Å². The summed E-state index contributed by atoms with van der Waals surface area (Å²) in [6, 6.07) is 4.48. The highest BCUT2D eigenvalue weighted by Gasteiger charge is 2.29. The standard InChI is InChI=1S/C17H25F3N4O2/c1-16(2,3)24-14(25)11-23-15(21-4)22-9-10-26-13-7-5-12(6-8-13)17(18,19)20/h5-8H,9-11H2,1-4H3,(H,24,25)(H2,21,22,23). The maximum Gasteiger partial charge on any atom is 0.416 e. The number of amides is 1. The van der Waals surface area contributed by atoms with E-state index >= 15 is 0 Å². The van der Waals surface area contributed by atoms with Gasteiger partial charge in [0.05, 0.1) is 18.7 Å². The number of hydrogen-bond donors (Lipinski definition) is 3. The first-order valence-electron chi connectivity index (χ1n) is 8.07. The summed E-state index contributed by atoms with van der Waals surface area (Å²) in [5.41, 5.74) is -1.04. The number of halogens is 3. The second kappa shape index (κ2) is 9.30. The summed E-state index contributed by atoms with van der Waals surface area (Å²) in [6.45, 7) is 6.31. The lowest BCUT2D eigenvalue weighted by Crippen LogP contribution is -2.48. The third-order valence-electron chi connectivity index (χ3n) is 3.00. The first-order chi connectivity index (χ1) is 12.0. The lowest BCUT2D eigenvalue weighted by Gasteiger charge is -2.21. The molecule has 1 rings (SSSR count). The Morgan fingerprint density at radius 3 is 2.23 bits per heavy atom. The number of nitrogens with one attached hydrogen (secondary N) is 3. The monoisotopic (exact) mass is 374 g/mol. The number of carbonyl (C=O) groups is 1. The van der Waals surface area contributed by atoms with Crippen molar-refractivity contribution >= 4 is 11.9 Å². The fourth-order valence-electron chi connectivity index (χ4n) is 1.93. The third kappa shape index (κ3) is 8.59. The molecule has 0 saturated carbocycles. The third-order valence-corrected chi connectivity index (χ3v) is 3.00. The van der Waals surface area contributed by atoms with Crippen LogP contribution in [0.25, 0.3) is 0 Å². The molecular weight excluding hydrogens is 349 g/mol. The summed E-state index contributed by atoms with van der Waals surface area (Å²) >= 11 is 0. The Balaban J connectivity index is 2.32. The van der Waals surface area contributed by atoms with Crippen LogP contribution in [0.4, 0.5) is 13.2 Å². The van der Waals surface area contributed by atoms with Gasteiger partial charge in [-0.3, -0.25) is 9.79 Å². The predicted molar refractivity (Wildman–Crippen MR) is 94.2 cm³/mol. The molecule has 3 N–H and O–H groups in total. The molecule has 0 atom stereocenters. The minimum Gasteiger partial charge on any atom is -0.492 e. The first kappa shape index (κ1) is 21.6. The minimum atomic E-state index is -4.36. The maximum absolute atomic E-state index is 12.5. The molecule has 0 aromatic heterocycles. The van der Waals surface area contributed by atoms with Crippen LogP contribution in [0.15, 0.2) is 29.3 Å². The van der Waals surface area contributed by atoms with Crippen molar-refractivity contribution in [1.82, 2.24) is 16.0 Å². The molecule has 0 aliphatic heterocycles. The molecule has 1 amide bonds. The molecule has 0 aliphatic carbocycles. The Kier molecular flexibility index (Phi) is 7.73. The fraction of sp³-hybridized carbons (Fsp3) is 0.529. The maximum atomic E-state index is 12.5. The number of ether oxygens (including phenoxy) is 1. The van der Waals surface area contributed by atoms with Crippen LogP contribution < -0.4 is 20.7 Å². The summed E-state index contributed by atoms with van der Waals surface area (Å²) in [4.78, 5) is 15.7. The minimum absolute atomic E-state index is 0.0662. The average Bonchev–Trinajstić information content (AvgIpc) is 2.52. The molecular formula is C17H25F3N4O2. The van der Waals surface area contributed by atoms with Crippen molar-refractivity contribution in [3.8, 4) is 5.75 Å². The van der Waals surface area contributed by atoms with Gasteiger partial charge in [0.2, 0.25) is 5.91 Å². The van der Waals surface area contributed by atoms with Crippen LogP contribution in [0, 0.1) is 0 Å². The largest absolute Gasteiger partial charge is 0.492 e. The van der Waals surface area contributed by atoms with E-state index in [-0.39, 0.29) is 24.6 Å². The Labute approximate surface area is 151 Å². The van der Waals surface area contributed by atoms with Crippen molar-refractivity contribution in [2.75, 3.05) is 26.7 Å². The van der Waals surface area contributed by atoms with Gasteiger partial charge in [-0.05, 0) is 45.0 Å². The number of carbonyl (C=O) groups excluding carboxylic acids is 1. The molecule has 0 fully saturated rings. The Bertz CT molecular complexity index is 608. The Morgan fingerprint density at radius 2 is 1.73 bits per heavy atom. The zero-order chi connectivity index (χ0) is 19.8. The number of alkyl halides is 3. The van der Waals surface area contributed by atoms with Gasteiger partial charge >= 0.3 is 6.18 Å². The normalized spacial score (nSPS) is 12.5. The highest BCUT2D eigenvalue weighted by molar-refractivity contribution is 5.86. The summed E-state index contributed by atoms with van der Waals surface area (Å²) in [7, 11) is 1.56. The summed E-state index contributed by atoms with van der Waals surface area (Å²) in [5.74, 6) is 0.596. The van der Waals surface area contributed by atoms with Crippen molar-refractivity contribution < 1.29 is 22.7 Å². The molecule has 1 aromatic carbocycles. The van der Waals surface area contributed by atoms with Crippen LogP contribution in [0.5, 0.6) is 5.75 Å². The topological polar surface area (TPSA) is 74.8 Å².